The Morgan fingerprint density at radius 3 is 2.22 bits per heavy atom. The maximum Gasteiger partial charge on any atom is 0.253 e. The number of fused-ring (bicyclic) bond motifs is 2. The normalized spacial score (nSPS) is 21.4. The Bertz CT molecular complexity index is 1200. The van der Waals surface area contributed by atoms with E-state index in [1.54, 1.807) is 30.5 Å². The summed E-state index contributed by atoms with van der Waals surface area (Å²) in [6, 6.07) is 20.9. The number of nitrogens with zero attached hydrogens (tertiary/aromatic N) is 2. The molecule has 2 aliphatic heterocycles. The summed E-state index contributed by atoms with van der Waals surface area (Å²) in [6.07, 6.45) is 4.47. The highest BCUT2D eigenvalue weighted by Gasteiger charge is 2.41. The van der Waals surface area contributed by atoms with Crippen molar-refractivity contribution in [2.75, 3.05) is 11.5 Å². The van der Waals surface area contributed by atoms with E-state index in [2.05, 4.69) is 20.5 Å². The lowest BCUT2D eigenvalue weighted by molar-refractivity contribution is 0.0921. The highest BCUT2D eigenvalue weighted by atomic mass is 16.3. The van der Waals surface area contributed by atoms with Gasteiger partial charge in [-0.1, -0.05) is 42.5 Å². The van der Waals surface area contributed by atoms with E-state index in [1.807, 2.05) is 42.5 Å². The molecule has 0 aliphatic carbocycles. The SMILES string of the molecule is O=C(NCc1ccccc1)c1ccc(N2C3CCC2CC(NC(=O)c2ccc(C(O)CO)cc2)C3)nc1. The first-order chi connectivity index (χ1) is 18.0. The fourth-order valence-corrected chi connectivity index (χ4v) is 5.45. The first-order valence-electron chi connectivity index (χ1n) is 12.8. The zero-order chi connectivity index (χ0) is 25.8. The molecule has 0 spiro atoms. The van der Waals surface area contributed by atoms with Gasteiger partial charge in [-0.05, 0) is 61.1 Å². The lowest BCUT2D eigenvalue weighted by Gasteiger charge is -2.40. The molecular weight excluding hydrogens is 468 g/mol. The number of rotatable bonds is 8. The van der Waals surface area contributed by atoms with Gasteiger partial charge in [0.2, 0.25) is 0 Å². The molecule has 8 nitrogen and oxygen atoms in total. The number of aromatic nitrogens is 1. The number of benzene rings is 2. The largest absolute Gasteiger partial charge is 0.393 e. The molecular formula is C29H32N4O4. The van der Waals surface area contributed by atoms with Gasteiger partial charge >= 0.3 is 0 Å². The van der Waals surface area contributed by atoms with Crippen molar-refractivity contribution in [3.63, 3.8) is 0 Å². The maximum absolute atomic E-state index is 12.8. The highest BCUT2D eigenvalue weighted by Crippen LogP contribution is 2.38. The van der Waals surface area contributed by atoms with Gasteiger partial charge in [0.1, 0.15) is 11.9 Å². The summed E-state index contributed by atoms with van der Waals surface area (Å²) in [5.74, 6) is 0.591. The van der Waals surface area contributed by atoms with E-state index in [0.717, 1.165) is 37.1 Å². The molecule has 2 aliphatic rings. The van der Waals surface area contributed by atoms with Crippen molar-refractivity contribution in [2.45, 2.75) is 56.5 Å². The Morgan fingerprint density at radius 2 is 1.59 bits per heavy atom. The van der Waals surface area contributed by atoms with Crippen LogP contribution in [0.4, 0.5) is 5.82 Å². The van der Waals surface area contributed by atoms with E-state index >= 15 is 0 Å². The fourth-order valence-electron chi connectivity index (χ4n) is 5.45. The number of amides is 2. The predicted octanol–water partition coefficient (Wildman–Crippen LogP) is 2.97. The van der Waals surface area contributed by atoms with Gasteiger partial charge in [0.15, 0.2) is 0 Å². The number of hydrogen-bond donors (Lipinski definition) is 4. The zero-order valence-electron chi connectivity index (χ0n) is 20.6. The number of piperidine rings is 1. The number of carbonyl (C=O) groups excluding carboxylic acids is 2. The molecule has 2 fully saturated rings. The Labute approximate surface area is 216 Å². The summed E-state index contributed by atoms with van der Waals surface area (Å²) in [4.78, 5) is 32.3. The molecule has 3 aromatic rings. The van der Waals surface area contributed by atoms with Gasteiger partial charge in [-0.2, -0.15) is 0 Å². The second-order valence-corrected chi connectivity index (χ2v) is 9.83. The second kappa shape index (κ2) is 11.1. The smallest absolute Gasteiger partial charge is 0.253 e. The number of hydrogen-bond acceptors (Lipinski definition) is 6. The topological polar surface area (TPSA) is 115 Å². The Morgan fingerprint density at radius 1 is 0.919 bits per heavy atom. The Balaban J connectivity index is 1.17. The number of aliphatic hydroxyl groups excluding tert-OH is 2. The van der Waals surface area contributed by atoms with E-state index in [1.165, 1.54) is 0 Å². The van der Waals surface area contributed by atoms with Crippen molar-refractivity contribution >= 4 is 17.6 Å². The summed E-state index contributed by atoms with van der Waals surface area (Å²) < 4.78 is 0. The van der Waals surface area contributed by atoms with Crippen LogP contribution in [0.25, 0.3) is 0 Å². The molecule has 2 aromatic carbocycles. The van der Waals surface area contributed by atoms with E-state index in [9.17, 15) is 14.7 Å². The molecule has 1 aromatic heterocycles. The van der Waals surface area contributed by atoms with Crippen LogP contribution in [0.1, 0.15) is 63.6 Å². The number of pyridine rings is 1. The molecule has 0 saturated carbocycles. The van der Waals surface area contributed by atoms with Crippen molar-refractivity contribution in [1.82, 2.24) is 15.6 Å². The standard InChI is InChI=1S/C29H32N4O4/c34-18-26(35)20-6-8-21(9-7-20)29(37)32-23-14-24-11-12-25(15-23)33(24)27-13-10-22(17-30-27)28(36)31-16-19-4-2-1-3-5-19/h1-10,13,17,23-26,34-35H,11-12,14-16,18H2,(H,31,36)(H,32,37). The minimum atomic E-state index is -0.941. The summed E-state index contributed by atoms with van der Waals surface area (Å²) in [5, 5.41) is 24.9. The first kappa shape index (κ1) is 24.9. The molecule has 2 bridgehead atoms. The van der Waals surface area contributed by atoms with Crippen LogP contribution in [0.15, 0.2) is 72.9 Å². The Kier molecular flexibility index (Phi) is 7.48. The number of anilines is 1. The first-order valence-corrected chi connectivity index (χ1v) is 12.8. The lowest BCUT2D eigenvalue weighted by atomic mass is 9.96. The quantitative estimate of drug-likeness (QED) is 0.378. The van der Waals surface area contributed by atoms with Crippen LogP contribution < -0.4 is 15.5 Å². The average Bonchev–Trinajstić information content (AvgIpc) is 3.21. The van der Waals surface area contributed by atoms with Crippen molar-refractivity contribution < 1.29 is 19.8 Å². The van der Waals surface area contributed by atoms with E-state index in [0.29, 0.717) is 23.2 Å². The van der Waals surface area contributed by atoms with Crippen LogP contribution in [0.5, 0.6) is 0 Å². The second-order valence-electron chi connectivity index (χ2n) is 9.83. The predicted molar refractivity (Wildman–Crippen MR) is 140 cm³/mol. The van der Waals surface area contributed by atoms with Crippen molar-refractivity contribution in [1.29, 1.82) is 0 Å². The third kappa shape index (κ3) is 5.65. The molecule has 2 amide bonds. The van der Waals surface area contributed by atoms with E-state index in [4.69, 9.17) is 5.11 Å². The molecule has 2 saturated heterocycles. The minimum Gasteiger partial charge on any atom is -0.393 e. The number of aliphatic hydroxyl groups is 2. The number of carbonyl (C=O) groups is 2. The summed E-state index contributed by atoms with van der Waals surface area (Å²) in [5.41, 5.74) is 2.69. The molecule has 37 heavy (non-hydrogen) atoms. The third-order valence-corrected chi connectivity index (χ3v) is 7.37. The Hall–Kier alpha value is -3.75. The van der Waals surface area contributed by atoms with Gasteiger partial charge in [0, 0.05) is 36.4 Å². The summed E-state index contributed by atoms with van der Waals surface area (Å²) in [6.45, 7) is 0.117. The highest BCUT2D eigenvalue weighted by molar-refractivity contribution is 5.94. The van der Waals surface area contributed by atoms with Crippen LogP contribution in [0.2, 0.25) is 0 Å². The van der Waals surface area contributed by atoms with Gasteiger partial charge in [-0.3, -0.25) is 9.59 Å². The van der Waals surface area contributed by atoms with E-state index in [-0.39, 0.29) is 36.5 Å². The third-order valence-electron chi connectivity index (χ3n) is 7.37. The van der Waals surface area contributed by atoms with Crippen molar-refractivity contribution in [3.8, 4) is 0 Å². The van der Waals surface area contributed by atoms with Crippen molar-refractivity contribution in [3.05, 3.63) is 95.2 Å². The number of nitrogens with one attached hydrogen (secondary N) is 2. The van der Waals surface area contributed by atoms with E-state index < -0.39 is 6.10 Å². The van der Waals surface area contributed by atoms with Gasteiger partial charge in [-0.25, -0.2) is 4.98 Å². The van der Waals surface area contributed by atoms with Crippen LogP contribution in [0, 0.1) is 0 Å². The molecule has 3 heterocycles. The van der Waals surface area contributed by atoms with Gasteiger partial charge in [0.05, 0.1) is 12.2 Å². The van der Waals surface area contributed by atoms with Crippen molar-refractivity contribution in [2.24, 2.45) is 0 Å². The molecule has 0 radical (unpaired) electrons. The summed E-state index contributed by atoms with van der Waals surface area (Å²) in [7, 11) is 0. The maximum atomic E-state index is 12.8. The van der Waals surface area contributed by atoms with Crippen LogP contribution in [-0.4, -0.2) is 51.7 Å². The van der Waals surface area contributed by atoms with Gasteiger partial charge in [-0.15, -0.1) is 0 Å². The van der Waals surface area contributed by atoms with Gasteiger partial charge < -0.3 is 25.7 Å². The van der Waals surface area contributed by atoms with Gasteiger partial charge in [0.25, 0.3) is 11.8 Å². The summed E-state index contributed by atoms with van der Waals surface area (Å²) >= 11 is 0. The zero-order valence-corrected chi connectivity index (χ0v) is 20.6. The van der Waals surface area contributed by atoms with Crippen LogP contribution in [-0.2, 0) is 6.54 Å². The van der Waals surface area contributed by atoms with Crippen LogP contribution in [0.3, 0.4) is 0 Å². The molecule has 192 valence electrons. The molecule has 3 atom stereocenters. The monoisotopic (exact) mass is 500 g/mol. The molecule has 3 unspecified atom stereocenters. The fraction of sp³-hybridized carbons (Fsp3) is 0.345. The average molecular weight is 501 g/mol. The van der Waals surface area contributed by atoms with Crippen LogP contribution >= 0.6 is 0 Å². The molecule has 4 N–H and O–H groups in total. The molecule has 8 heteroatoms. The molecule has 5 rings (SSSR count). The minimum absolute atomic E-state index is 0.0759. The lowest BCUT2D eigenvalue weighted by Crippen LogP contribution is -2.50.